The maximum atomic E-state index is 10.2. The summed E-state index contributed by atoms with van der Waals surface area (Å²) in [5.41, 5.74) is 0.710. The minimum Gasteiger partial charge on any atom is -0.388 e. The molecule has 1 aliphatic heterocycles. The van der Waals surface area contributed by atoms with Crippen LogP contribution >= 0.6 is 0 Å². The van der Waals surface area contributed by atoms with Gasteiger partial charge in [0, 0.05) is 18.6 Å². The number of carbonyl (C=O) groups is 2. The first-order chi connectivity index (χ1) is 14.1. The number of imidazole rings is 1. The predicted molar refractivity (Wildman–Crippen MR) is 126 cm³/mol. The lowest BCUT2D eigenvalue weighted by atomic mass is 10.0. The molecule has 31 heavy (non-hydrogen) atoms. The van der Waals surface area contributed by atoms with Crippen LogP contribution < -0.4 is 10.6 Å². The van der Waals surface area contributed by atoms with Crippen molar-refractivity contribution in [3.05, 3.63) is 6.33 Å². The zero-order valence-electron chi connectivity index (χ0n) is 18.8. The van der Waals surface area contributed by atoms with Gasteiger partial charge in [-0.15, -0.1) is 0 Å². The Morgan fingerprint density at radius 1 is 1.19 bits per heavy atom. The average molecular weight is 438 g/mol. The third-order valence-electron chi connectivity index (χ3n) is 5.12. The Morgan fingerprint density at radius 3 is 2.29 bits per heavy atom. The van der Waals surface area contributed by atoms with Gasteiger partial charge in [-0.2, -0.15) is 9.97 Å². The molecule has 0 aromatic carbocycles. The van der Waals surface area contributed by atoms with Gasteiger partial charge in [-0.3, -0.25) is 0 Å². The highest BCUT2D eigenvalue weighted by molar-refractivity contribution is 5.84. The summed E-state index contributed by atoms with van der Waals surface area (Å²) >= 11 is 0. The van der Waals surface area contributed by atoms with Gasteiger partial charge in [0.1, 0.15) is 13.6 Å². The molecular formula is C21H39N7O3. The molecule has 0 radical (unpaired) electrons. The zero-order chi connectivity index (χ0) is 23.1. The molecule has 0 spiro atoms. The second-order valence-corrected chi connectivity index (χ2v) is 8.23. The van der Waals surface area contributed by atoms with Crippen LogP contribution in [-0.4, -0.2) is 80.9 Å². The summed E-state index contributed by atoms with van der Waals surface area (Å²) in [5.74, 6) is 1.25. The molecular weight excluding hydrogens is 398 g/mol. The number of fused-ring (bicyclic) bond motifs is 1. The van der Waals surface area contributed by atoms with Gasteiger partial charge in [0.25, 0.3) is 0 Å². The lowest BCUT2D eigenvalue weighted by Crippen LogP contribution is -2.40. The molecule has 3 heterocycles. The first kappa shape index (κ1) is 28.4. The van der Waals surface area contributed by atoms with Crippen molar-refractivity contribution in [2.75, 3.05) is 30.8 Å². The highest BCUT2D eigenvalue weighted by Crippen LogP contribution is 2.26. The van der Waals surface area contributed by atoms with Crippen molar-refractivity contribution in [2.24, 2.45) is 0 Å². The smallest absolute Gasteiger partial charge is 0.227 e. The van der Waals surface area contributed by atoms with Crippen molar-refractivity contribution in [3.8, 4) is 0 Å². The number of nitrogens with zero attached hydrogens (tertiary/aromatic N) is 5. The van der Waals surface area contributed by atoms with Crippen LogP contribution in [0.2, 0.25) is 0 Å². The number of likely N-dealkylation sites (tertiary alicyclic amines) is 1. The fraction of sp³-hybridized carbons (Fsp3) is 0.667. The first-order valence-electron chi connectivity index (χ1n) is 9.91. The number of aromatic nitrogens is 4. The molecule has 3 N–H and O–H groups in total. The number of anilines is 2. The minimum atomic E-state index is -0.877. The number of rotatable bonds is 6. The lowest BCUT2D eigenvalue weighted by molar-refractivity contribution is -0.0987. The van der Waals surface area contributed by atoms with Gasteiger partial charge in [-0.25, -0.2) is 4.98 Å². The molecule has 0 amide bonds. The second kappa shape index (κ2) is 12.3. The third kappa shape index (κ3) is 7.25. The number of nitrogens with one attached hydrogen (secondary N) is 2. The molecule has 3 rings (SSSR count). The van der Waals surface area contributed by atoms with Crippen molar-refractivity contribution in [2.45, 2.75) is 72.2 Å². The van der Waals surface area contributed by atoms with Crippen LogP contribution in [0.3, 0.4) is 0 Å². The molecule has 1 saturated heterocycles. The Labute approximate surface area is 185 Å². The Morgan fingerprint density at radius 2 is 1.81 bits per heavy atom. The van der Waals surface area contributed by atoms with E-state index in [0.717, 1.165) is 36.5 Å². The van der Waals surface area contributed by atoms with Crippen molar-refractivity contribution in [1.29, 1.82) is 0 Å². The lowest BCUT2D eigenvalue weighted by Gasteiger charge is -2.27. The van der Waals surface area contributed by atoms with E-state index >= 15 is 0 Å². The van der Waals surface area contributed by atoms with Crippen molar-refractivity contribution < 1.29 is 14.7 Å². The fourth-order valence-electron chi connectivity index (χ4n) is 3.08. The van der Waals surface area contributed by atoms with Crippen LogP contribution in [0, 0.1) is 0 Å². The quantitative estimate of drug-likeness (QED) is 0.624. The number of hydrogen-bond donors (Lipinski definition) is 3. The molecule has 2 aromatic rings. The summed E-state index contributed by atoms with van der Waals surface area (Å²) in [5, 5.41) is 17.0. The van der Waals surface area contributed by atoms with Crippen LogP contribution in [0.1, 0.15) is 54.5 Å². The Balaban J connectivity index is 0.00000170. The van der Waals surface area contributed by atoms with E-state index in [0.29, 0.717) is 12.0 Å². The minimum absolute atomic E-state index is 0. The van der Waals surface area contributed by atoms with E-state index in [9.17, 15) is 5.11 Å². The van der Waals surface area contributed by atoms with E-state index in [1.807, 2.05) is 31.4 Å². The molecule has 10 heteroatoms. The topological polar surface area (TPSA) is 125 Å². The van der Waals surface area contributed by atoms with Gasteiger partial charge < -0.3 is 34.8 Å². The van der Waals surface area contributed by atoms with Crippen LogP contribution in [0.25, 0.3) is 11.2 Å². The average Bonchev–Trinajstić information content (AvgIpc) is 3.30. The maximum Gasteiger partial charge on any atom is 0.227 e. The summed E-state index contributed by atoms with van der Waals surface area (Å²) < 4.78 is 2.04. The third-order valence-corrected chi connectivity index (χ3v) is 5.12. The molecule has 2 unspecified atom stereocenters. The van der Waals surface area contributed by atoms with E-state index in [1.165, 1.54) is 0 Å². The summed E-state index contributed by atoms with van der Waals surface area (Å²) in [6.45, 7) is 15.7. The molecule has 0 bridgehead atoms. The second-order valence-electron chi connectivity index (χ2n) is 8.23. The van der Waals surface area contributed by atoms with E-state index < -0.39 is 5.60 Å². The number of aliphatic hydroxyl groups is 1. The fourth-order valence-corrected chi connectivity index (χ4v) is 3.08. The molecule has 176 valence electrons. The first-order valence-corrected chi connectivity index (χ1v) is 9.91. The van der Waals surface area contributed by atoms with E-state index in [-0.39, 0.29) is 19.5 Å². The molecule has 0 aliphatic carbocycles. The summed E-state index contributed by atoms with van der Waals surface area (Å²) in [4.78, 5) is 32.2. The molecule has 1 fully saturated rings. The summed E-state index contributed by atoms with van der Waals surface area (Å²) in [6, 6.07) is 0.405. The maximum absolute atomic E-state index is 10.2. The van der Waals surface area contributed by atoms with Crippen molar-refractivity contribution in [3.63, 3.8) is 0 Å². The Hall–Kier alpha value is -2.59. The van der Waals surface area contributed by atoms with Crippen LogP contribution in [0.5, 0.6) is 0 Å². The summed E-state index contributed by atoms with van der Waals surface area (Å²) in [7, 11) is 2.13. The highest BCUT2D eigenvalue weighted by atomic mass is 16.3. The van der Waals surface area contributed by atoms with Crippen LogP contribution in [0.4, 0.5) is 11.8 Å². The van der Waals surface area contributed by atoms with E-state index in [1.54, 1.807) is 13.8 Å². The van der Waals surface area contributed by atoms with Crippen LogP contribution in [0.15, 0.2) is 6.33 Å². The van der Waals surface area contributed by atoms with Crippen LogP contribution in [-0.2, 0) is 9.59 Å². The predicted octanol–water partition coefficient (Wildman–Crippen LogP) is 2.36. The Bertz CT molecular complexity index is 802. The number of likely N-dealkylation sites (N-methyl/N-ethyl adjacent to an activating group) is 1. The molecule has 10 nitrogen and oxygen atoms in total. The SMILES string of the molecule is C.C=O.C=O.CC(C)n1cnc2c(NC3CCN(C)C3)nc(NC(C)C(C)(C)O)nc21. The van der Waals surface area contributed by atoms with E-state index in [2.05, 4.69) is 51.4 Å². The number of carbonyl (C=O) groups excluding carboxylic acids is 2. The van der Waals surface area contributed by atoms with Gasteiger partial charge in [-0.1, -0.05) is 7.43 Å². The Kier molecular flexibility index (Phi) is 11.3. The molecule has 2 aromatic heterocycles. The highest BCUT2D eigenvalue weighted by Gasteiger charge is 2.25. The monoisotopic (exact) mass is 437 g/mol. The zero-order valence-corrected chi connectivity index (χ0v) is 18.8. The van der Waals surface area contributed by atoms with Gasteiger partial charge >= 0.3 is 0 Å². The largest absolute Gasteiger partial charge is 0.388 e. The van der Waals surface area contributed by atoms with E-state index in [4.69, 9.17) is 9.59 Å². The number of hydrogen-bond acceptors (Lipinski definition) is 9. The van der Waals surface area contributed by atoms with Crippen molar-refractivity contribution in [1.82, 2.24) is 24.4 Å². The molecule has 2 atom stereocenters. The normalized spacial score (nSPS) is 17.1. The van der Waals surface area contributed by atoms with Crippen molar-refractivity contribution >= 4 is 36.5 Å². The van der Waals surface area contributed by atoms with Gasteiger partial charge in [0.2, 0.25) is 5.95 Å². The van der Waals surface area contributed by atoms with Gasteiger partial charge in [-0.05, 0) is 54.6 Å². The summed E-state index contributed by atoms with van der Waals surface area (Å²) in [6.07, 6.45) is 2.90. The van der Waals surface area contributed by atoms with Gasteiger partial charge in [0.05, 0.1) is 18.0 Å². The molecule has 0 saturated carbocycles. The standard InChI is InChI=1S/C18H31N7O.2CH2O.CH4/c1-11(2)25-10-19-14-15(21-13-7-8-24(6)9-13)22-17(23-16(14)25)20-12(3)18(4,5)26;2*1-2;/h10-13,26H,7-9H2,1-6H3,(H2,20,21,22,23);2*1H2;1H4. The molecule has 1 aliphatic rings. The van der Waals surface area contributed by atoms with Gasteiger partial charge in [0.15, 0.2) is 17.0 Å².